The lowest BCUT2D eigenvalue weighted by Gasteiger charge is -1.95. The van der Waals surface area contributed by atoms with Gasteiger partial charge < -0.3 is 11.1 Å². The SMILES string of the molecule is CCCCCc1cc2ccccc2[nH]1.N. The lowest BCUT2D eigenvalue weighted by Crippen LogP contribution is -1.84. The highest BCUT2D eigenvalue weighted by Gasteiger charge is 1.98. The fourth-order valence-corrected chi connectivity index (χ4v) is 1.83. The van der Waals surface area contributed by atoms with Crippen molar-refractivity contribution in [2.75, 3.05) is 0 Å². The molecule has 15 heavy (non-hydrogen) atoms. The summed E-state index contributed by atoms with van der Waals surface area (Å²) in [5, 5.41) is 1.33. The van der Waals surface area contributed by atoms with Crippen LogP contribution in [0.25, 0.3) is 10.9 Å². The lowest BCUT2D eigenvalue weighted by molar-refractivity contribution is 0.710. The quantitative estimate of drug-likeness (QED) is 0.725. The van der Waals surface area contributed by atoms with Gasteiger partial charge in [-0.1, -0.05) is 38.0 Å². The van der Waals surface area contributed by atoms with Crippen molar-refractivity contribution in [3.8, 4) is 0 Å². The van der Waals surface area contributed by atoms with E-state index in [0.717, 1.165) is 0 Å². The highest BCUT2D eigenvalue weighted by atomic mass is 14.7. The summed E-state index contributed by atoms with van der Waals surface area (Å²) < 4.78 is 0. The molecule has 0 fully saturated rings. The molecule has 0 saturated carbocycles. The van der Waals surface area contributed by atoms with Crippen molar-refractivity contribution >= 4 is 10.9 Å². The monoisotopic (exact) mass is 204 g/mol. The Hall–Kier alpha value is -1.28. The molecule has 0 saturated heterocycles. The normalized spacial score (nSPS) is 10.2. The van der Waals surface area contributed by atoms with Crippen LogP contribution in [0, 0.1) is 0 Å². The Bertz CT molecular complexity index is 371. The molecule has 2 aromatic rings. The molecule has 0 radical (unpaired) electrons. The first-order chi connectivity index (χ1) is 6.90. The van der Waals surface area contributed by atoms with Crippen LogP contribution in [0.1, 0.15) is 31.9 Å². The van der Waals surface area contributed by atoms with Crippen LogP contribution in [0.15, 0.2) is 30.3 Å². The zero-order valence-corrected chi connectivity index (χ0v) is 9.42. The number of rotatable bonds is 4. The van der Waals surface area contributed by atoms with E-state index in [-0.39, 0.29) is 6.15 Å². The van der Waals surface area contributed by atoms with Gasteiger partial charge in [0.15, 0.2) is 0 Å². The second-order valence-corrected chi connectivity index (χ2v) is 3.84. The average Bonchev–Trinajstić information content (AvgIpc) is 2.60. The molecule has 1 aromatic carbocycles. The van der Waals surface area contributed by atoms with E-state index >= 15 is 0 Å². The van der Waals surface area contributed by atoms with Gasteiger partial charge in [-0.05, 0) is 30.4 Å². The van der Waals surface area contributed by atoms with Gasteiger partial charge in [-0.25, -0.2) is 0 Å². The van der Waals surface area contributed by atoms with E-state index in [1.54, 1.807) is 0 Å². The number of aromatic amines is 1. The first kappa shape index (κ1) is 11.8. The van der Waals surface area contributed by atoms with Gasteiger partial charge in [0, 0.05) is 11.2 Å². The van der Waals surface area contributed by atoms with Gasteiger partial charge in [-0.2, -0.15) is 0 Å². The molecule has 0 aliphatic heterocycles. The molecule has 1 heterocycles. The van der Waals surface area contributed by atoms with Crippen molar-refractivity contribution in [2.45, 2.75) is 32.6 Å². The Morgan fingerprint density at radius 3 is 2.67 bits per heavy atom. The van der Waals surface area contributed by atoms with Crippen LogP contribution in [0.5, 0.6) is 0 Å². The van der Waals surface area contributed by atoms with Gasteiger partial charge in [0.1, 0.15) is 0 Å². The molecule has 0 spiro atoms. The molecule has 0 unspecified atom stereocenters. The maximum absolute atomic E-state index is 3.45. The maximum Gasteiger partial charge on any atom is 0.0456 e. The van der Waals surface area contributed by atoms with Crippen molar-refractivity contribution in [3.05, 3.63) is 36.0 Å². The largest absolute Gasteiger partial charge is 0.358 e. The summed E-state index contributed by atoms with van der Waals surface area (Å²) in [5.41, 5.74) is 2.64. The number of hydrogen-bond acceptors (Lipinski definition) is 1. The van der Waals surface area contributed by atoms with Crippen LogP contribution in [0.3, 0.4) is 0 Å². The van der Waals surface area contributed by atoms with E-state index in [2.05, 4.69) is 42.2 Å². The van der Waals surface area contributed by atoms with Crippen LogP contribution in [0.4, 0.5) is 0 Å². The van der Waals surface area contributed by atoms with Crippen molar-refractivity contribution in [3.63, 3.8) is 0 Å². The molecule has 0 aliphatic carbocycles. The average molecular weight is 204 g/mol. The van der Waals surface area contributed by atoms with Crippen molar-refractivity contribution in [1.29, 1.82) is 0 Å². The number of para-hydroxylation sites is 1. The molecule has 0 amide bonds. The Morgan fingerprint density at radius 2 is 1.93 bits per heavy atom. The van der Waals surface area contributed by atoms with E-state index in [1.165, 1.54) is 42.3 Å². The minimum atomic E-state index is 0. The van der Waals surface area contributed by atoms with Gasteiger partial charge in [0.25, 0.3) is 0 Å². The van der Waals surface area contributed by atoms with E-state index in [0.29, 0.717) is 0 Å². The third kappa shape index (κ3) is 2.83. The molecule has 2 heteroatoms. The number of aryl methyl sites for hydroxylation is 1. The zero-order valence-electron chi connectivity index (χ0n) is 9.42. The van der Waals surface area contributed by atoms with E-state index in [4.69, 9.17) is 0 Å². The van der Waals surface area contributed by atoms with Crippen molar-refractivity contribution < 1.29 is 0 Å². The smallest absolute Gasteiger partial charge is 0.0456 e. The highest BCUT2D eigenvalue weighted by molar-refractivity contribution is 5.80. The van der Waals surface area contributed by atoms with Crippen molar-refractivity contribution in [2.24, 2.45) is 0 Å². The third-order valence-corrected chi connectivity index (χ3v) is 2.64. The molecule has 82 valence electrons. The first-order valence-corrected chi connectivity index (χ1v) is 5.47. The minimum absolute atomic E-state index is 0. The molecule has 0 bridgehead atoms. The maximum atomic E-state index is 3.45. The van der Waals surface area contributed by atoms with Gasteiger partial charge in [-0.15, -0.1) is 0 Å². The van der Waals surface area contributed by atoms with Crippen molar-refractivity contribution in [1.82, 2.24) is 11.1 Å². The summed E-state index contributed by atoms with van der Waals surface area (Å²) in [6.45, 7) is 2.24. The van der Waals surface area contributed by atoms with Crippen LogP contribution < -0.4 is 6.15 Å². The Morgan fingerprint density at radius 1 is 1.13 bits per heavy atom. The second kappa shape index (κ2) is 5.56. The fourth-order valence-electron chi connectivity index (χ4n) is 1.83. The minimum Gasteiger partial charge on any atom is -0.358 e. The Kier molecular flexibility index (Phi) is 4.37. The van der Waals surface area contributed by atoms with Gasteiger partial charge in [0.05, 0.1) is 0 Å². The number of nitrogens with one attached hydrogen (secondary N) is 1. The molecular weight excluding hydrogens is 184 g/mol. The van der Waals surface area contributed by atoms with Crippen LogP contribution in [-0.4, -0.2) is 4.98 Å². The lowest BCUT2D eigenvalue weighted by atomic mass is 10.1. The summed E-state index contributed by atoms with van der Waals surface area (Å²) >= 11 is 0. The molecule has 0 atom stereocenters. The first-order valence-electron chi connectivity index (χ1n) is 5.47. The van der Waals surface area contributed by atoms with Crippen LogP contribution in [0.2, 0.25) is 0 Å². The highest BCUT2D eigenvalue weighted by Crippen LogP contribution is 2.16. The molecule has 2 nitrogen and oxygen atoms in total. The fraction of sp³-hybridized carbons (Fsp3) is 0.385. The molecule has 4 N–H and O–H groups in total. The molecule has 2 rings (SSSR count). The van der Waals surface area contributed by atoms with E-state index in [9.17, 15) is 0 Å². The van der Waals surface area contributed by atoms with Gasteiger partial charge in [-0.3, -0.25) is 0 Å². The predicted molar refractivity (Wildman–Crippen MR) is 66.5 cm³/mol. The molecule has 0 aliphatic rings. The predicted octanol–water partition coefficient (Wildman–Crippen LogP) is 4.06. The summed E-state index contributed by atoms with van der Waals surface area (Å²) in [6.07, 6.45) is 5.10. The number of H-pyrrole nitrogens is 1. The van der Waals surface area contributed by atoms with E-state index in [1.807, 2.05) is 0 Å². The van der Waals surface area contributed by atoms with Gasteiger partial charge >= 0.3 is 0 Å². The number of hydrogen-bond donors (Lipinski definition) is 2. The standard InChI is InChI=1S/C13H17N.H3N/c1-2-3-4-8-12-10-11-7-5-6-9-13(11)14-12;/h5-7,9-10,14H,2-4,8H2,1H3;1H3. The topological polar surface area (TPSA) is 50.8 Å². The number of aromatic nitrogens is 1. The summed E-state index contributed by atoms with van der Waals surface area (Å²) in [4.78, 5) is 3.45. The number of fused-ring (bicyclic) bond motifs is 1. The summed E-state index contributed by atoms with van der Waals surface area (Å²) in [5.74, 6) is 0. The van der Waals surface area contributed by atoms with Crippen LogP contribution >= 0.6 is 0 Å². The second-order valence-electron chi connectivity index (χ2n) is 3.84. The number of unbranched alkanes of at least 4 members (excludes halogenated alkanes) is 2. The summed E-state index contributed by atoms with van der Waals surface area (Å²) in [6, 6.07) is 10.7. The van der Waals surface area contributed by atoms with Crippen LogP contribution in [-0.2, 0) is 6.42 Å². The third-order valence-electron chi connectivity index (χ3n) is 2.64. The molecule has 1 aromatic heterocycles. The zero-order chi connectivity index (χ0) is 9.80. The summed E-state index contributed by atoms with van der Waals surface area (Å²) in [7, 11) is 0. The Labute approximate surface area is 91.3 Å². The Balaban J connectivity index is 0.00000112. The molecular formula is C13H20N2. The van der Waals surface area contributed by atoms with Gasteiger partial charge in [0.2, 0.25) is 0 Å². The number of benzene rings is 1. The van der Waals surface area contributed by atoms with E-state index < -0.39 is 0 Å².